The van der Waals surface area contributed by atoms with Gasteiger partial charge in [0.2, 0.25) is 10.0 Å². The van der Waals surface area contributed by atoms with Crippen molar-refractivity contribution in [1.29, 1.82) is 0 Å². The summed E-state index contributed by atoms with van der Waals surface area (Å²) >= 11 is 3.20. The molecule has 7 nitrogen and oxygen atoms in total. The van der Waals surface area contributed by atoms with Crippen molar-refractivity contribution >= 4 is 55.4 Å². The van der Waals surface area contributed by atoms with Crippen LogP contribution in [0.25, 0.3) is 10.9 Å². The van der Waals surface area contributed by atoms with Crippen molar-refractivity contribution in [1.82, 2.24) is 9.29 Å². The molecule has 1 aliphatic rings. The summed E-state index contributed by atoms with van der Waals surface area (Å²) < 4.78 is 63.0. The van der Waals surface area contributed by atoms with Crippen molar-refractivity contribution in [2.24, 2.45) is 0 Å². The van der Waals surface area contributed by atoms with Gasteiger partial charge in [-0.25, -0.2) is 17.2 Å². The van der Waals surface area contributed by atoms with E-state index in [-0.39, 0.29) is 41.3 Å². The largest absolute Gasteiger partial charge is 0.444 e. The van der Waals surface area contributed by atoms with Crippen LogP contribution < -0.4 is 5.32 Å². The van der Waals surface area contributed by atoms with Crippen LogP contribution in [0.4, 0.5) is 13.6 Å². The second-order valence-corrected chi connectivity index (χ2v) is 11.7. The van der Waals surface area contributed by atoms with Crippen molar-refractivity contribution in [3.8, 4) is 0 Å². The Labute approximate surface area is 211 Å². The summed E-state index contributed by atoms with van der Waals surface area (Å²) in [7, 11) is -4.23. The van der Waals surface area contributed by atoms with Crippen molar-refractivity contribution in [2.75, 3.05) is 0 Å². The number of rotatable bonds is 6. The predicted octanol–water partition coefficient (Wildman–Crippen LogP) is 5.83. The first-order valence-corrected chi connectivity index (χ1v) is 12.3. The number of hydrogen-bond donors (Lipinski definition) is 1. The molecule has 0 spiro atoms. The second kappa shape index (κ2) is 10.2. The van der Waals surface area contributed by atoms with E-state index in [9.17, 15) is 22.0 Å². The lowest BCUT2D eigenvalue weighted by Crippen LogP contribution is -2.42. The minimum Gasteiger partial charge on any atom is -0.444 e. The smallest absolute Gasteiger partial charge is 0.407 e. The SMILES string of the molecule is CC(C)(C)OC(=O)NCc1cc2ccccc2n1S(=O)(=O)C1(C)CC=CC(OC(F)F)=C1Br.Cl. The molecule has 12 heteroatoms. The Balaban J connectivity index is 0.00000408. The van der Waals surface area contributed by atoms with E-state index in [1.54, 1.807) is 51.1 Å². The van der Waals surface area contributed by atoms with Crippen LogP contribution in [-0.2, 0) is 26.0 Å². The molecule has 0 saturated heterocycles. The average molecular weight is 584 g/mol. The predicted molar refractivity (Wildman–Crippen MR) is 132 cm³/mol. The van der Waals surface area contributed by atoms with E-state index in [2.05, 4.69) is 26.0 Å². The molecular formula is C22H26BrClF2N2O5S. The molecule has 1 N–H and O–H groups in total. The zero-order valence-corrected chi connectivity index (χ0v) is 22.2. The standard InChI is InChI=1S/C22H25BrF2N2O5S.ClH/c1-21(2,3)32-20(28)26-13-15-12-14-8-5-6-9-16(14)27(15)33(29,30)22(4)11-7-10-17(18(22)23)31-19(24)25;/h5-10,12,19H,11,13H2,1-4H3,(H,26,28);1H. The van der Waals surface area contributed by atoms with Gasteiger partial charge >= 0.3 is 12.7 Å². The van der Waals surface area contributed by atoms with Gasteiger partial charge in [0.05, 0.1) is 22.2 Å². The quantitative estimate of drug-likeness (QED) is 0.462. The number of para-hydroxylation sites is 1. The van der Waals surface area contributed by atoms with E-state index >= 15 is 0 Å². The number of allylic oxidation sites excluding steroid dienone is 2. The van der Waals surface area contributed by atoms with Gasteiger partial charge in [-0.15, -0.1) is 12.4 Å². The third kappa shape index (κ3) is 5.58. The lowest BCUT2D eigenvalue weighted by atomic mass is 10.0. The summed E-state index contributed by atoms with van der Waals surface area (Å²) in [4.78, 5) is 12.2. The maximum absolute atomic E-state index is 14.0. The maximum atomic E-state index is 14.0. The van der Waals surface area contributed by atoms with Gasteiger partial charge in [0.1, 0.15) is 16.1 Å². The summed E-state index contributed by atoms with van der Waals surface area (Å²) in [6.45, 7) is 3.35. The fraction of sp³-hybridized carbons (Fsp3) is 0.409. The summed E-state index contributed by atoms with van der Waals surface area (Å²) in [6, 6.07) is 8.50. The topological polar surface area (TPSA) is 86.6 Å². The molecule has 0 bridgehead atoms. The zero-order chi connectivity index (χ0) is 24.6. The second-order valence-electron chi connectivity index (χ2n) is 8.71. The molecule has 0 saturated carbocycles. The number of benzene rings is 1. The number of ether oxygens (including phenoxy) is 2. The first-order valence-electron chi connectivity index (χ1n) is 10.1. The van der Waals surface area contributed by atoms with Crippen molar-refractivity contribution < 1.29 is 31.5 Å². The highest BCUT2D eigenvalue weighted by atomic mass is 79.9. The van der Waals surface area contributed by atoms with Crippen molar-refractivity contribution in [3.05, 3.63) is 58.4 Å². The molecule has 1 unspecified atom stereocenters. The monoisotopic (exact) mass is 582 g/mol. The Morgan fingerprint density at radius 2 is 1.94 bits per heavy atom. The molecule has 0 radical (unpaired) electrons. The van der Waals surface area contributed by atoms with E-state index in [1.165, 1.54) is 19.1 Å². The number of nitrogens with zero attached hydrogens (tertiary/aromatic N) is 1. The van der Waals surface area contributed by atoms with Crippen LogP contribution in [0, 0.1) is 0 Å². The number of nitrogens with one attached hydrogen (secondary N) is 1. The fourth-order valence-electron chi connectivity index (χ4n) is 3.49. The molecule has 1 aromatic carbocycles. The van der Waals surface area contributed by atoms with Crippen LogP contribution in [0.5, 0.6) is 0 Å². The lowest BCUT2D eigenvalue weighted by molar-refractivity contribution is -0.0928. The number of amides is 1. The molecule has 1 atom stereocenters. The number of carbonyl (C=O) groups is 1. The van der Waals surface area contributed by atoms with Crippen molar-refractivity contribution in [2.45, 2.75) is 57.6 Å². The molecule has 0 aliphatic heterocycles. The third-order valence-corrected chi connectivity index (χ3v) is 8.98. The summed E-state index contributed by atoms with van der Waals surface area (Å²) in [5.74, 6) is -0.257. The van der Waals surface area contributed by atoms with E-state index in [1.807, 2.05) is 0 Å². The average Bonchev–Trinajstić information content (AvgIpc) is 3.07. The van der Waals surface area contributed by atoms with Gasteiger partial charge in [-0.05, 0) is 68.3 Å². The first kappa shape index (κ1) is 28.1. The molecule has 3 rings (SSSR count). The van der Waals surface area contributed by atoms with Crippen LogP contribution >= 0.6 is 28.3 Å². The van der Waals surface area contributed by atoms with E-state index in [0.717, 1.165) is 3.97 Å². The minimum absolute atomic E-state index is 0. The van der Waals surface area contributed by atoms with E-state index in [4.69, 9.17) is 4.74 Å². The summed E-state index contributed by atoms with van der Waals surface area (Å²) in [6.07, 6.45) is 2.12. The molecule has 34 heavy (non-hydrogen) atoms. The number of alkyl halides is 2. The molecule has 2 aromatic rings. The van der Waals surface area contributed by atoms with E-state index < -0.39 is 33.1 Å². The molecule has 0 fully saturated rings. The normalized spacial score (nSPS) is 18.7. The fourth-order valence-corrected chi connectivity index (χ4v) is 6.38. The van der Waals surface area contributed by atoms with Crippen LogP contribution in [0.2, 0.25) is 0 Å². The Bertz CT molecular complexity index is 1240. The van der Waals surface area contributed by atoms with Gasteiger partial charge in [-0.3, -0.25) is 0 Å². The highest BCUT2D eigenvalue weighted by molar-refractivity contribution is 9.12. The van der Waals surface area contributed by atoms with Crippen LogP contribution in [0.15, 0.2) is 52.7 Å². The van der Waals surface area contributed by atoms with Crippen molar-refractivity contribution in [3.63, 3.8) is 0 Å². The zero-order valence-electron chi connectivity index (χ0n) is 19.0. The minimum atomic E-state index is -4.23. The number of hydrogen-bond acceptors (Lipinski definition) is 5. The molecule has 1 aliphatic carbocycles. The maximum Gasteiger partial charge on any atom is 0.407 e. The molecular weight excluding hydrogens is 558 g/mol. The Morgan fingerprint density at radius 3 is 2.56 bits per heavy atom. The summed E-state index contributed by atoms with van der Waals surface area (Å²) in [5.41, 5.74) is -0.0398. The molecule has 1 aromatic heterocycles. The number of alkyl carbamates (subject to hydrolysis) is 1. The van der Waals surface area contributed by atoms with E-state index in [0.29, 0.717) is 10.9 Å². The highest BCUT2D eigenvalue weighted by Crippen LogP contribution is 2.43. The number of carbonyl (C=O) groups excluding carboxylic acids is 1. The van der Waals surface area contributed by atoms with Gasteiger partial charge < -0.3 is 14.8 Å². The summed E-state index contributed by atoms with van der Waals surface area (Å²) in [5, 5.41) is 3.22. The van der Waals surface area contributed by atoms with Gasteiger partial charge in [0, 0.05) is 5.39 Å². The Kier molecular flexibility index (Phi) is 8.48. The number of halogens is 4. The third-order valence-electron chi connectivity index (χ3n) is 5.03. The Hall–Kier alpha value is -2.11. The molecule has 188 valence electrons. The lowest BCUT2D eigenvalue weighted by Gasteiger charge is -2.33. The van der Waals surface area contributed by atoms with Crippen LogP contribution in [0.1, 0.15) is 39.8 Å². The van der Waals surface area contributed by atoms with Crippen LogP contribution in [0.3, 0.4) is 0 Å². The molecule has 1 amide bonds. The molecule has 1 heterocycles. The van der Waals surface area contributed by atoms with Gasteiger partial charge in [-0.1, -0.05) is 24.3 Å². The Morgan fingerprint density at radius 1 is 1.29 bits per heavy atom. The first-order chi connectivity index (χ1) is 15.3. The van der Waals surface area contributed by atoms with Gasteiger partial charge in [0.25, 0.3) is 0 Å². The number of fused-ring (bicyclic) bond motifs is 1. The number of aromatic nitrogens is 1. The van der Waals surface area contributed by atoms with Gasteiger partial charge in [0.15, 0.2) is 0 Å². The highest BCUT2D eigenvalue weighted by Gasteiger charge is 2.47. The van der Waals surface area contributed by atoms with Gasteiger partial charge in [-0.2, -0.15) is 8.78 Å². The van der Waals surface area contributed by atoms with Crippen LogP contribution in [-0.4, -0.2) is 35.4 Å².